The predicted octanol–water partition coefficient (Wildman–Crippen LogP) is 0.902. The standard InChI is InChI=1S/C16H22N4O5S/c1-12-17-18-16(25-12)11-19-6-8-20(9-7-19)26(21,22)13-4-5-14(23-2)15(10-13)24-3/h4-5,10H,6-9,11H2,1-3H3. The zero-order valence-corrected chi connectivity index (χ0v) is 15.8. The molecule has 1 fully saturated rings. The normalized spacial score (nSPS) is 16.6. The van der Waals surface area contributed by atoms with Gasteiger partial charge in [-0.15, -0.1) is 10.2 Å². The molecule has 10 heteroatoms. The molecule has 0 radical (unpaired) electrons. The van der Waals surface area contributed by atoms with Crippen molar-refractivity contribution in [3.05, 3.63) is 30.0 Å². The third kappa shape index (κ3) is 3.81. The monoisotopic (exact) mass is 382 g/mol. The second-order valence-corrected chi connectivity index (χ2v) is 7.85. The van der Waals surface area contributed by atoms with Crippen LogP contribution in [0.5, 0.6) is 11.5 Å². The summed E-state index contributed by atoms with van der Waals surface area (Å²) < 4.78 is 43.0. The minimum absolute atomic E-state index is 0.191. The van der Waals surface area contributed by atoms with E-state index in [1.807, 2.05) is 0 Å². The molecular formula is C16H22N4O5S. The van der Waals surface area contributed by atoms with Gasteiger partial charge < -0.3 is 13.9 Å². The molecule has 3 rings (SSSR count). The van der Waals surface area contributed by atoms with Crippen molar-refractivity contribution in [2.24, 2.45) is 0 Å². The second-order valence-electron chi connectivity index (χ2n) is 5.91. The van der Waals surface area contributed by atoms with E-state index in [9.17, 15) is 8.42 Å². The molecular weight excluding hydrogens is 360 g/mol. The van der Waals surface area contributed by atoms with E-state index >= 15 is 0 Å². The summed E-state index contributed by atoms with van der Waals surface area (Å²) in [5.41, 5.74) is 0. The number of aryl methyl sites for hydroxylation is 1. The largest absolute Gasteiger partial charge is 0.493 e. The van der Waals surface area contributed by atoms with Gasteiger partial charge in [0.25, 0.3) is 0 Å². The Morgan fingerprint density at radius 1 is 1.08 bits per heavy atom. The van der Waals surface area contributed by atoms with Crippen LogP contribution in [0.25, 0.3) is 0 Å². The summed E-state index contributed by atoms with van der Waals surface area (Å²) in [4.78, 5) is 2.28. The zero-order valence-electron chi connectivity index (χ0n) is 15.0. The molecule has 1 aliphatic rings. The van der Waals surface area contributed by atoms with Gasteiger partial charge in [-0.2, -0.15) is 4.31 Å². The Balaban J connectivity index is 1.68. The highest BCUT2D eigenvalue weighted by molar-refractivity contribution is 7.89. The van der Waals surface area contributed by atoms with Crippen LogP contribution in [0.1, 0.15) is 11.8 Å². The number of benzene rings is 1. The highest BCUT2D eigenvalue weighted by atomic mass is 32.2. The van der Waals surface area contributed by atoms with E-state index in [-0.39, 0.29) is 4.90 Å². The van der Waals surface area contributed by atoms with Crippen molar-refractivity contribution in [1.29, 1.82) is 0 Å². The lowest BCUT2D eigenvalue weighted by Gasteiger charge is -2.33. The quantitative estimate of drug-likeness (QED) is 0.727. The van der Waals surface area contributed by atoms with Gasteiger partial charge in [-0.1, -0.05) is 0 Å². The molecule has 0 atom stereocenters. The van der Waals surface area contributed by atoms with Gasteiger partial charge in [-0.25, -0.2) is 8.42 Å². The van der Waals surface area contributed by atoms with Crippen LogP contribution < -0.4 is 9.47 Å². The summed E-state index contributed by atoms with van der Waals surface area (Å²) in [5, 5.41) is 7.78. The molecule has 0 N–H and O–H groups in total. The SMILES string of the molecule is COc1ccc(S(=O)(=O)N2CCN(Cc3nnc(C)o3)CC2)cc1OC. The first-order valence-corrected chi connectivity index (χ1v) is 9.61. The topological polar surface area (TPSA) is 98.0 Å². The van der Waals surface area contributed by atoms with Crippen LogP contribution >= 0.6 is 0 Å². The zero-order chi connectivity index (χ0) is 18.7. The Kier molecular flexibility index (Phi) is 5.44. The molecule has 1 aromatic heterocycles. The number of aromatic nitrogens is 2. The molecule has 0 spiro atoms. The number of hydrogen-bond acceptors (Lipinski definition) is 8. The highest BCUT2D eigenvalue weighted by Gasteiger charge is 2.29. The summed E-state index contributed by atoms with van der Waals surface area (Å²) in [7, 11) is -0.604. The number of sulfonamides is 1. The minimum atomic E-state index is -3.59. The van der Waals surface area contributed by atoms with Gasteiger partial charge in [0.05, 0.1) is 25.7 Å². The minimum Gasteiger partial charge on any atom is -0.493 e. The van der Waals surface area contributed by atoms with Gasteiger partial charge in [-0.3, -0.25) is 4.90 Å². The predicted molar refractivity (Wildman–Crippen MR) is 92.6 cm³/mol. The molecule has 2 aromatic rings. The summed E-state index contributed by atoms with van der Waals surface area (Å²) in [5.74, 6) is 1.94. The fourth-order valence-electron chi connectivity index (χ4n) is 2.85. The van der Waals surface area contributed by atoms with E-state index in [0.29, 0.717) is 56.0 Å². The molecule has 142 valence electrons. The van der Waals surface area contributed by atoms with Gasteiger partial charge >= 0.3 is 0 Å². The van der Waals surface area contributed by atoms with Gasteiger partial charge in [0.15, 0.2) is 11.5 Å². The Hall–Kier alpha value is -2.17. The first-order chi connectivity index (χ1) is 12.4. The Morgan fingerprint density at radius 2 is 1.77 bits per heavy atom. The summed E-state index contributed by atoms with van der Waals surface area (Å²) in [6.45, 7) is 4.23. The van der Waals surface area contributed by atoms with Gasteiger partial charge in [0.2, 0.25) is 21.8 Å². The van der Waals surface area contributed by atoms with E-state index in [2.05, 4.69) is 15.1 Å². The summed E-state index contributed by atoms with van der Waals surface area (Å²) >= 11 is 0. The van der Waals surface area contributed by atoms with Crippen molar-refractivity contribution in [1.82, 2.24) is 19.4 Å². The van der Waals surface area contributed by atoms with Crippen LogP contribution in [0.4, 0.5) is 0 Å². The van der Waals surface area contributed by atoms with Crippen molar-refractivity contribution >= 4 is 10.0 Å². The van der Waals surface area contributed by atoms with E-state index in [1.54, 1.807) is 13.0 Å². The lowest BCUT2D eigenvalue weighted by atomic mass is 10.3. The van der Waals surface area contributed by atoms with Crippen molar-refractivity contribution in [2.75, 3.05) is 40.4 Å². The molecule has 0 unspecified atom stereocenters. The number of methoxy groups -OCH3 is 2. The average molecular weight is 382 g/mol. The molecule has 0 amide bonds. The Bertz CT molecular complexity index is 859. The Morgan fingerprint density at radius 3 is 2.35 bits per heavy atom. The fraction of sp³-hybridized carbons (Fsp3) is 0.500. The molecule has 0 bridgehead atoms. The van der Waals surface area contributed by atoms with Crippen LogP contribution in [0.3, 0.4) is 0 Å². The molecule has 1 saturated heterocycles. The molecule has 0 saturated carbocycles. The number of ether oxygens (including phenoxy) is 2. The number of hydrogen-bond donors (Lipinski definition) is 0. The molecule has 1 aromatic carbocycles. The number of piperazine rings is 1. The molecule has 26 heavy (non-hydrogen) atoms. The van der Waals surface area contributed by atoms with E-state index in [1.165, 1.54) is 30.7 Å². The van der Waals surface area contributed by atoms with Crippen LogP contribution in [0, 0.1) is 6.92 Å². The maximum Gasteiger partial charge on any atom is 0.243 e. The van der Waals surface area contributed by atoms with Crippen LogP contribution in [-0.4, -0.2) is 68.2 Å². The number of nitrogens with zero attached hydrogens (tertiary/aromatic N) is 4. The van der Waals surface area contributed by atoms with Gasteiger partial charge in [0, 0.05) is 39.2 Å². The number of rotatable bonds is 6. The summed E-state index contributed by atoms with van der Waals surface area (Å²) in [6, 6.07) is 4.62. The first-order valence-electron chi connectivity index (χ1n) is 8.17. The van der Waals surface area contributed by atoms with Crippen LogP contribution in [-0.2, 0) is 16.6 Å². The first kappa shape index (κ1) is 18.6. The molecule has 1 aliphatic heterocycles. The van der Waals surface area contributed by atoms with Gasteiger partial charge in [-0.05, 0) is 12.1 Å². The fourth-order valence-corrected chi connectivity index (χ4v) is 4.28. The third-order valence-corrected chi connectivity index (χ3v) is 6.15. The molecule has 2 heterocycles. The smallest absolute Gasteiger partial charge is 0.243 e. The molecule has 9 nitrogen and oxygen atoms in total. The second kappa shape index (κ2) is 7.60. The Labute approximate surface area is 152 Å². The van der Waals surface area contributed by atoms with Gasteiger partial charge in [0.1, 0.15) is 0 Å². The van der Waals surface area contributed by atoms with Crippen LogP contribution in [0.15, 0.2) is 27.5 Å². The van der Waals surface area contributed by atoms with E-state index in [4.69, 9.17) is 13.9 Å². The van der Waals surface area contributed by atoms with Crippen molar-refractivity contribution in [2.45, 2.75) is 18.4 Å². The highest BCUT2D eigenvalue weighted by Crippen LogP contribution is 2.30. The maximum atomic E-state index is 12.9. The maximum absolute atomic E-state index is 12.9. The van der Waals surface area contributed by atoms with E-state index < -0.39 is 10.0 Å². The average Bonchev–Trinajstić information content (AvgIpc) is 3.06. The molecule has 0 aliphatic carbocycles. The van der Waals surface area contributed by atoms with Crippen molar-refractivity contribution < 1.29 is 22.3 Å². The lowest BCUT2D eigenvalue weighted by Crippen LogP contribution is -2.48. The third-order valence-electron chi connectivity index (χ3n) is 4.25. The van der Waals surface area contributed by atoms with Crippen LogP contribution in [0.2, 0.25) is 0 Å². The van der Waals surface area contributed by atoms with Crippen molar-refractivity contribution in [3.8, 4) is 11.5 Å². The summed E-state index contributed by atoms with van der Waals surface area (Å²) in [6.07, 6.45) is 0. The lowest BCUT2D eigenvalue weighted by molar-refractivity contribution is 0.167. The van der Waals surface area contributed by atoms with Crippen molar-refractivity contribution in [3.63, 3.8) is 0 Å². The van der Waals surface area contributed by atoms with E-state index in [0.717, 1.165) is 0 Å².